The van der Waals surface area contributed by atoms with Gasteiger partial charge in [0.05, 0.1) is 5.25 Å². The lowest BCUT2D eigenvalue weighted by Gasteiger charge is -2.19. The third-order valence-corrected chi connectivity index (χ3v) is 6.70. The summed E-state index contributed by atoms with van der Waals surface area (Å²) < 4.78 is 26.1. The van der Waals surface area contributed by atoms with Gasteiger partial charge in [-0.25, -0.2) is 17.5 Å². The topological polar surface area (TPSA) is 90.5 Å². The van der Waals surface area contributed by atoms with Crippen LogP contribution in [-0.2, 0) is 10.0 Å². The summed E-state index contributed by atoms with van der Waals surface area (Å²) in [5, 5.41) is 9.47. The molecule has 7 heteroatoms. The van der Waals surface area contributed by atoms with Gasteiger partial charge >= 0.3 is 5.97 Å². The fourth-order valence-electron chi connectivity index (χ4n) is 3.05. The molecule has 3 rings (SSSR count). The average Bonchev–Trinajstić information content (AvgIpc) is 3.13. The maximum absolute atomic E-state index is 12.3. The minimum absolute atomic E-state index is 0.149. The van der Waals surface area contributed by atoms with Gasteiger partial charge in [-0.15, -0.1) is 0 Å². The molecule has 1 atom stereocenters. The highest BCUT2D eigenvalue weighted by Crippen LogP contribution is 2.31. The van der Waals surface area contributed by atoms with Gasteiger partial charge < -0.3 is 10.1 Å². The molecule has 1 aliphatic rings. The van der Waals surface area contributed by atoms with E-state index in [1.807, 2.05) is 18.2 Å². The number of carboxylic acid groups (broad SMARTS) is 1. The van der Waals surface area contributed by atoms with Crippen molar-refractivity contribution in [1.29, 1.82) is 0 Å². The van der Waals surface area contributed by atoms with Crippen LogP contribution in [0.15, 0.2) is 24.3 Å². The average molecular weight is 336 g/mol. The van der Waals surface area contributed by atoms with Crippen molar-refractivity contribution < 1.29 is 18.3 Å². The summed E-state index contributed by atoms with van der Waals surface area (Å²) in [7, 11) is -3.22. The summed E-state index contributed by atoms with van der Waals surface area (Å²) >= 11 is 0. The molecule has 23 heavy (non-hydrogen) atoms. The first-order valence-electron chi connectivity index (χ1n) is 7.64. The smallest absolute Gasteiger partial charge is 0.352 e. The van der Waals surface area contributed by atoms with E-state index in [1.165, 1.54) is 0 Å². The van der Waals surface area contributed by atoms with Crippen LogP contribution in [0.2, 0.25) is 0 Å². The number of benzene rings is 1. The standard InChI is InChI=1S/C16H20N2O4S/c1-10(2)23(21,22)18-6-5-12(9-18)11-3-4-14-13(7-11)8-15(17-14)16(19)20/h3-4,7-8,10,12,17H,5-6,9H2,1-2H3,(H,19,20). The van der Waals surface area contributed by atoms with Crippen LogP contribution in [0.5, 0.6) is 0 Å². The Balaban J connectivity index is 1.86. The molecule has 2 heterocycles. The lowest BCUT2D eigenvalue weighted by Crippen LogP contribution is -2.34. The number of aromatic amines is 1. The van der Waals surface area contributed by atoms with E-state index in [2.05, 4.69) is 4.98 Å². The second kappa shape index (κ2) is 5.65. The minimum Gasteiger partial charge on any atom is -0.477 e. The number of carboxylic acids is 1. The van der Waals surface area contributed by atoms with Gasteiger partial charge in [-0.05, 0) is 49.9 Å². The van der Waals surface area contributed by atoms with E-state index < -0.39 is 21.2 Å². The van der Waals surface area contributed by atoms with Gasteiger partial charge in [0.25, 0.3) is 0 Å². The Kier molecular flexibility index (Phi) is 3.93. The molecule has 0 spiro atoms. The summed E-state index contributed by atoms with van der Waals surface area (Å²) in [6.45, 7) is 4.42. The largest absolute Gasteiger partial charge is 0.477 e. The number of hydrogen-bond acceptors (Lipinski definition) is 3. The van der Waals surface area contributed by atoms with Gasteiger partial charge in [-0.2, -0.15) is 0 Å². The molecular weight excluding hydrogens is 316 g/mol. The number of H-pyrrole nitrogens is 1. The third kappa shape index (κ3) is 2.86. The SMILES string of the molecule is CC(C)S(=O)(=O)N1CCC(c2ccc3[nH]c(C(=O)O)cc3c2)C1. The number of nitrogens with one attached hydrogen (secondary N) is 1. The molecule has 1 saturated heterocycles. The fraction of sp³-hybridized carbons (Fsp3) is 0.438. The van der Waals surface area contributed by atoms with Crippen LogP contribution in [-0.4, -0.2) is 47.1 Å². The van der Waals surface area contributed by atoms with Crippen molar-refractivity contribution in [2.75, 3.05) is 13.1 Å². The predicted octanol–water partition coefficient (Wildman–Crippen LogP) is 2.39. The molecule has 1 fully saturated rings. The minimum atomic E-state index is -3.22. The molecule has 1 aromatic heterocycles. The van der Waals surface area contributed by atoms with Gasteiger partial charge in [-0.1, -0.05) is 6.07 Å². The number of aromatic nitrogens is 1. The summed E-state index contributed by atoms with van der Waals surface area (Å²) in [5.74, 6) is -0.839. The van der Waals surface area contributed by atoms with Crippen LogP contribution < -0.4 is 0 Å². The van der Waals surface area contributed by atoms with Gasteiger partial charge in [-0.3, -0.25) is 0 Å². The first-order chi connectivity index (χ1) is 10.8. The lowest BCUT2D eigenvalue weighted by molar-refractivity contribution is 0.0691. The summed E-state index contributed by atoms with van der Waals surface area (Å²) in [4.78, 5) is 13.9. The van der Waals surface area contributed by atoms with E-state index in [0.29, 0.717) is 13.1 Å². The molecule has 1 aliphatic heterocycles. The van der Waals surface area contributed by atoms with Crippen LogP contribution in [0.25, 0.3) is 10.9 Å². The maximum Gasteiger partial charge on any atom is 0.352 e. The van der Waals surface area contributed by atoms with Crippen molar-refractivity contribution in [3.05, 3.63) is 35.5 Å². The normalized spacial score (nSPS) is 19.7. The van der Waals surface area contributed by atoms with Crippen LogP contribution in [0.3, 0.4) is 0 Å². The van der Waals surface area contributed by atoms with E-state index in [4.69, 9.17) is 5.11 Å². The van der Waals surface area contributed by atoms with Gasteiger partial charge in [0, 0.05) is 24.0 Å². The van der Waals surface area contributed by atoms with Gasteiger partial charge in [0.1, 0.15) is 5.69 Å². The first kappa shape index (κ1) is 16.0. The number of sulfonamides is 1. The summed E-state index contributed by atoms with van der Waals surface area (Å²) in [6, 6.07) is 7.37. The Bertz CT molecular complexity index is 854. The highest BCUT2D eigenvalue weighted by atomic mass is 32.2. The second-order valence-corrected chi connectivity index (χ2v) is 8.76. The van der Waals surface area contributed by atoms with Crippen LogP contribution in [0.1, 0.15) is 42.2 Å². The Hall–Kier alpha value is -1.86. The number of nitrogens with zero attached hydrogens (tertiary/aromatic N) is 1. The van der Waals surface area contributed by atoms with Gasteiger partial charge in [0.15, 0.2) is 0 Å². The predicted molar refractivity (Wildman–Crippen MR) is 88.2 cm³/mol. The molecule has 0 saturated carbocycles. The summed E-state index contributed by atoms with van der Waals surface area (Å²) in [5.41, 5.74) is 1.98. The zero-order chi connectivity index (χ0) is 16.8. The highest BCUT2D eigenvalue weighted by molar-refractivity contribution is 7.89. The molecule has 1 unspecified atom stereocenters. The maximum atomic E-state index is 12.3. The zero-order valence-electron chi connectivity index (χ0n) is 13.1. The van der Waals surface area contributed by atoms with Gasteiger partial charge in [0.2, 0.25) is 10.0 Å². The highest BCUT2D eigenvalue weighted by Gasteiger charge is 2.33. The number of aromatic carboxylic acids is 1. The lowest BCUT2D eigenvalue weighted by atomic mass is 9.97. The van der Waals surface area contributed by atoms with Crippen molar-refractivity contribution in [3.63, 3.8) is 0 Å². The number of rotatable bonds is 4. The van der Waals surface area contributed by atoms with E-state index in [0.717, 1.165) is 22.9 Å². The molecule has 124 valence electrons. The molecule has 0 radical (unpaired) electrons. The molecule has 2 N–H and O–H groups in total. The van der Waals surface area contributed by atoms with Crippen LogP contribution in [0.4, 0.5) is 0 Å². The summed E-state index contributed by atoms with van der Waals surface area (Å²) in [6.07, 6.45) is 0.785. The molecule has 0 bridgehead atoms. The Morgan fingerprint density at radius 3 is 2.74 bits per heavy atom. The van der Waals surface area contributed by atoms with E-state index in [9.17, 15) is 13.2 Å². The van der Waals surface area contributed by atoms with Crippen molar-refractivity contribution in [2.24, 2.45) is 0 Å². The Morgan fingerprint density at radius 1 is 1.35 bits per heavy atom. The van der Waals surface area contributed by atoms with E-state index in [1.54, 1.807) is 24.2 Å². The van der Waals surface area contributed by atoms with E-state index >= 15 is 0 Å². The first-order valence-corrected chi connectivity index (χ1v) is 9.14. The molecule has 2 aromatic rings. The number of fused-ring (bicyclic) bond motifs is 1. The molecule has 1 aromatic carbocycles. The quantitative estimate of drug-likeness (QED) is 0.897. The van der Waals surface area contributed by atoms with E-state index in [-0.39, 0.29) is 11.6 Å². The molecule has 0 amide bonds. The monoisotopic (exact) mass is 336 g/mol. The Labute approximate surface area is 135 Å². The van der Waals surface area contributed by atoms with Crippen molar-refractivity contribution >= 4 is 26.9 Å². The van der Waals surface area contributed by atoms with Crippen molar-refractivity contribution in [3.8, 4) is 0 Å². The van der Waals surface area contributed by atoms with Crippen molar-refractivity contribution in [1.82, 2.24) is 9.29 Å². The second-order valence-electron chi connectivity index (χ2n) is 6.27. The third-order valence-electron chi connectivity index (χ3n) is 4.45. The van der Waals surface area contributed by atoms with Crippen LogP contribution in [0, 0.1) is 0 Å². The number of hydrogen-bond donors (Lipinski definition) is 2. The molecule has 0 aliphatic carbocycles. The fourth-order valence-corrected chi connectivity index (χ4v) is 4.39. The molecular formula is C16H20N2O4S. The number of carbonyl (C=O) groups is 1. The zero-order valence-corrected chi connectivity index (χ0v) is 13.9. The van der Waals surface area contributed by atoms with Crippen LogP contribution >= 0.6 is 0 Å². The Morgan fingerprint density at radius 2 is 2.09 bits per heavy atom. The van der Waals surface area contributed by atoms with Crippen molar-refractivity contribution in [2.45, 2.75) is 31.4 Å². The molecule has 6 nitrogen and oxygen atoms in total.